The van der Waals surface area contributed by atoms with Gasteiger partial charge in [-0.2, -0.15) is 0 Å². The lowest BCUT2D eigenvalue weighted by molar-refractivity contribution is -0.118. The summed E-state index contributed by atoms with van der Waals surface area (Å²) in [5.41, 5.74) is 2.63. The number of aryl methyl sites for hydroxylation is 2. The number of hydrogen-bond acceptors (Lipinski definition) is 4. The van der Waals surface area contributed by atoms with Crippen LogP contribution in [0.15, 0.2) is 36.5 Å². The molecule has 24 heavy (non-hydrogen) atoms. The van der Waals surface area contributed by atoms with Crippen LogP contribution >= 0.6 is 0 Å². The van der Waals surface area contributed by atoms with Gasteiger partial charge in [0, 0.05) is 24.0 Å². The topological polar surface area (TPSA) is 71.5 Å². The smallest absolute Gasteiger partial charge is 0.226 e. The van der Waals surface area contributed by atoms with E-state index in [1.54, 1.807) is 12.3 Å². The van der Waals surface area contributed by atoms with Crippen molar-refractivity contribution in [2.45, 2.75) is 40.2 Å². The molecule has 5 nitrogen and oxygen atoms in total. The molecule has 1 aromatic carbocycles. The normalized spacial score (nSPS) is 12.1. The number of anilines is 1. The molecule has 0 bridgehead atoms. The Labute approximate surface area is 142 Å². The third kappa shape index (κ3) is 5.06. The van der Waals surface area contributed by atoms with Gasteiger partial charge < -0.3 is 15.2 Å². The van der Waals surface area contributed by atoms with E-state index in [0.717, 1.165) is 11.1 Å². The minimum Gasteiger partial charge on any atom is -0.439 e. The monoisotopic (exact) mass is 328 g/mol. The van der Waals surface area contributed by atoms with Gasteiger partial charge in [-0.05, 0) is 43.0 Å². The maximum atomic E-state index is 12.0. The molecular formula is C19H24N2O3. The van der Waals surface area contributed by atoms with Crippen LogP contribution in [-0.4, -0.2) is 22.1 Å². The zero-order valence-electron chi connectivity index (χ0n) is 14.5. The minimum atomic E-state index is -0.650. The van der Waals surface area contributed by atoms with E-state index in [0.29, 0.717) is 17.3 Å². The highest BCUT2D eigenvalue weighted by molar-refractivity contribution is 5.91. The van der Waals surface area contributed by atoms with Gasteiger partial charge >= 0.3 is 0 Å². The molecule has 1 atom stereocenters. The lowest BCUT2D eigenvalue weighted by Gasteiger charge is -2.15. The Morgan fingerprint density at radius 2 is 2.00 bits per heavy atom. The molecule has 0 aliphatic carbocycles. The Balaban J connectivity index is 2.09. The number of nitrogens with one attached hydrogen (secondary N) is 1. The van der Waals surface area contributed by atoms with Gasteiger partial charge in [0.1, 0.15) is 5.75 Å². The van der Waals surface area contributed by atoms with Gasteiger partial charge in [-0.1, -0.05) is 19.9 Å². The van der Waals surface area contributed by atoms with Crippen molar-refractivity contribution in [3.63, 3.8) is 0 Å². The number of rotatable bonds is 6. The van der Waals surface area contributed by atoms with Crippen LogP contribution < -0.4 is 10.1 Å². The van der Waals surface area contributed by atoms with Crippen molar-refractivity contribution < 1.29 is 14.6 Å². The Morgan fingerprint density at radius 1 is 1.25 bits per heavy atom. The molecule has 0 saturated heterocycles. The maximum Gasteiger partial charge on any atom is 0.226 e. The van der Waals surface area contributed by atoms with Crippen LogP contribution in [0.25, 0.3) is 0 Å². The fourth-order valence-corrected chi connectivity index (χ4v) is 2.10. The molecular weight excluding hydrogens is 304 g/mol. The van der Waals surface area contributed by atoms with E-state index in [9.17, 15) is 9.90 Å². The first kappa shape index (κ1) is 17.9. The van der Waals surface area contributed by atoms with Crippen molar-refractivity contribution in [1.29, 1.82) is 0 Å². The van der Waals surface area contributed by atoms with Crippen LogP contribution in [0.4, 0.5) is 5.69 Å². The summed E-state index contributed by atoms with van der Waals surface area (Å²) in [6, 6.07) is 9.20. The lowest BCUT2D eigenvalue weighted by Crippen LogP contribution is -2.23. The van der Waals surface area contributed by atoms with Crippen molar-refractivity contribution in [3.05, 3.63) is 47.7 Å². The van der Waals surface area contributed by atoms with Gasteiger partial charge in [0.2, 0.25) is 11.8 Å². The highest BCUT2D eigenvalue weighted by Gasteiger charge is 2.15. The number of carbonyl (C=O) groups is 1. The summed E-state index contributed by atoms with van der Waals surface area (Å²) in [5.74, 6) is 0.965. The quantitative estimate of drug-likeness (QED) is 0.845. The van der Waals surface area contributed by atoms with Gasteiger partial charge in [-0.25, -0.2) is 4.98 Å². The molecule has 0 spiro atoms. The first-order valence-corrected chi connectivity index (χ1v) is 8.04. The molecule has 0 aliphatic rings. The van der Waals surface area contributed by atoms with E-state index in [4.69, 9.17) is 4.74 Å². The van der Waals surface area contributed by atoms with Gasteiger partial charge in [-0.3, -0.25) is 4.79 Å². The van der Waals surface area contributed by atoms with E-state index < -0.39 is 6.10 Å². The molecule has 2 rings (SSSR count). The molecule has 128 valence electrons. The molecule has 0 aliphatic heterocycles. The van der Waals surface area contributed by atoms with E-state index >= 15 is 0 Å². The van der Waals surface area contributed by atoms with E-state index in [2.05, 4.69) is 10.3 Å². The van der Waals surface area contributed by atoms with Crippen LogP contribution in [-0.2, 0) is 4.79 Å². The summed E-state index contributed by atoms with van der Waals surface area (Å²) >= 11 is 0. The summed E-state index contributed by atoms with van der Waals surface area (Å²) < 4.78 is 5.82. The number of nitrogens with zero attached hydrogens (tertiary/aromatic N) is 1. The van der Waals surface area contributed by atoms with Crippen molar-refractivity contribution >= 4 is 11.6 Å². The Morgan fingerprint density at radius 3 is 2.67 bits per heavy atom. The number of amides is 1. The average Bonchev–Trinajstić information content (AvgIpc) is 2.50. The Kier molecular flexibility index (Phi) is 5.93. The number of benzene rings is 1. The lowest BCUT2D eigenvalue weighted by atomic mass is 10.0. The van der Waals surface area contributed by atoms with E-state index in [1.165, 1.54) is 0 Å². The molecule has 2 aromatic rings. The second-order valence-electron chi connectivity index (χ2n) is 6.32. The van der Waals surface area contributed by atoms with Crippen LogP contribution in [0.5, 0.6) is 11.6 Å². The summed E-state index contributed by atoms with van der Waals surface area (Å²) in [5, 5.41) is 12.6. The van der Waals surface area contributed by atoms with Crippen molar-refractivity contribution in [2.75, 3.05) is 5.32 Å². The van der Waals surface area contributed by atoms with Gasteiger partial charge in [0.25, 0.3) is 0 Å². The second-order valence-corrected chi connectivity index (χ2v) is 6.32. The summed E-state index contributed by atoms with van der Waals surface area (Å²) in [7, 11) is 0. The SMILES string of the molecule is Cc1ccnc(Oc2cc(NC(=O)CC(O)C(C)C)ccc2C)c1. The van der Waals surface area contributed by atoms with E-state index in [1.807, 2.05) is 52.0 Å². The van der Waals surface area contributed by atoms with Crippen molar-refractivity contribution in [2.24, 2.45) is 5.92 Å². The standard InChI is InChI=1S/C19H24N2O3/c1-12(2)16(22)11-18(23)21-15-6-5-14(4)17(10-15)24-19-9-13(3)7-8-20-19/h5-10,12,16,22H,11H2,1-4H3,(H,21,23). The molecule has 0 radical (unpaired) electrons. The number of carbonyl (C=O) groups excluding carboxylic acids is 1. The number of pyridine rings is 1. The first-order valence-electron chi connectivity index (χ1n) is 8.04. The zero-order valence-corrected chi connectivity index (χ0v) is 14.5. The fraction of sp³-hybridized carbons (Fsp3) is 0.368. The van der Waals surface area contributed by atoms with Gasteiger partial charge in [-0.15, -0.1) is 0 Å². The number of ether oxygens (including phenoxy) is 1. The molecule has 0 fully saturated rings. The van der Waals surface area contributed by atoms with Crippen LogP contribution in [0, 0.1) is 19.8 Å². The molecule has 2 N–H and O–H groups in total. The highest BCUT2D eigenvalue weighted by Crippen LogP contribution is 2.27. The van der Waals surface area contributed by atoms with Crippen LogP contribution in [0.2, 0.25) is 0 Å². The Bertz CT molecular complexity index is 714. The molecule has 1 aromatic heterocycles. The largest absolute Gasteiger partial charge is 0.439 e. The maximum absolute atomic E-state index is 12.0. The average molecular weight is 328 g/mol. The van der Waals surface area contributed by atoms with Crippen LogP contribution in [0.3, 0.4) is 0 Å². The predicted octanol–water partition coefficient (Wildman–Crippen LogP) is 3.84. The number of hydrogen-bond donors (Lipinski definition) is 2. The molecule has 1 amide bonds. The number of aromatic nitrogens is 1. The molecule has 0 saturated carbocycles. The fourth-order valence-electron chi connectivity index (χ4n) is 2.10. The van der Waals surface area contributed by atoms with E-state index in [-0.39, 0.29) is 18.2 Å². The second kappa shape index (κ2) is 7.93. The first-order chi connectivity index (χ1) is 11.3. The van der Waals surface area contributed by atoms with Gasteiger partial charge in [0.15, 0.2) is 0 Å². The summed E-state index contributed by atoms with van der Waals surface area (Å²) in [6.07, 6.45) is 1.11. The predicted molar refractivity (Wildman–Crippen MR) is 94.3 cm³/mol. The van der Waals surface area contributed by atoms with Gasteiger partial charge in [0.05, 0.1) is 12.5 Å². The zero-order chi connectivity index (χ0) is 17.7. The molecule has 5 heteroatoms. The Hall–Kier alpha value is -2.40. The molecule has 1 unspecified atom stereocenters. The third-order valence-electron chi connectivity index (χ3n) is 3.74. The molecule has 1 heterocycles. The summed E-state index contributed by atoms with van der Waals surface area (Å²) in [6.45, 7) is 7.66. The summed E-state index contributed by atoms with van der Waals surface area (Å²) in [4.78, 5) is 16.2. The third-order valence-corrected chi connectivity index (χ3v) is 3.74. The van der Waals surface area contributed by atoms with Crippen LogP contribution in [0.1, 0.15) is 31.4 Å². The number of aliphatic hydroxyl groups is 1. The van der Waals surface area contributed by atoms with Crippen molar-refractivity contribution in [1.82, 2.24) is 4.98 Å². The minimum absolute atomic E-state index is 0.0417. The highest BCUT2D eigenvalue weighted by atomic mass is 16.5. The number of aliphatic hydroxyl groups excluding tert-OH is 1. The van der Waals surface area contributed by atoms with Crippen molar-refractivity contribution in [3.8, 4) is 11.6 Å².